The smallest absolute Gasteiger partial charge is 0.0624 e. The van der Waals surface area contributed by atoms with Crippen LogP contribution >= 0.6 is 11.8 Å². The minimum Gasteiger partial charge on any atom is -0.297 e. The Morgan fingerprint density at radius 3 is 1.97 bits per heavy atom. The first kappa shape index (κ1) is 18.7. The Labute approximate surface area is 177 Å². The number of benzene rings is 3. The van der Waals surface area contributed by atoms with E-state index in [-0.39, 0.29) is 0 Å². The zero-order chi connectivity index (χ0) is 19.5. The van der Waals surface area contributed by atoms with Crippen LogP contribution in [-0.2, 0) is 0 Å². The van der Waals surface area contributed by atoms with E-state index in [0.29, 0.717) is 6.04 Å². The summed E-state index contributed by atoms with van der Waals surface area (Å²) < 4.78 is 0. The van der Waals surface area contributed by atoms with Crippen molar-refractivity contribution in [3.05, 3.63) is 102 Å². The average Bonchev–Trinajstić information content (AvgIpc) is 2.79. The molecule has 0 radical (unpaired) electrons. The lowest BCUT2D eigenvalue weighted by atomic mass is 9.95. The third-order valence-electron chi connectivity index (χ3n) is 5.89. The van der Waals surface area contributed by atoms with Gasteiger partial charge in [-0.2, -0.15) is 0 Å². The molecule has 0 atom stereocenters. The Morgan fingerprint density at radius 2 is 1.31 bits per heavy atom. The van der Waals surface area contributed by atoms with Crippen molar-refractivity contribution in [3.63, 3.8) is 0 Å². The number of rotatable bonds is 4. The van der Waals surface area contributed by atoms with Crippen LogP contribution in [0.1, 0.15) is 22.7 Å². The van der Waals surface area contributed by atoms with E-state index < -0.39 is 0 Å². The molecular weight excluding hydrogens is 372 g/mol. The van der Waals surface area contributed by atoms with Gasteiger partial charge in [0.2, 0.25) is 0 Å². The summed E-state index contributed by atoms with van der Waals surface area (Å²) in [5.74, 6) is 0. The minimum absolute atomic E-state index is 0.380. The maximum atomic E-state index is 2.68. The Morgan fingerprint density at radius 1 is 0.724 bits per heavy atom. The Hall–Kier alpha value is -2.33. The van der Waals surface area contributed by atoms with Gasteiger partial charge in [0.05, 0.1) is 6.04 Å². The third kappa shape index (κ3) is 4.04. The van der Waals surface area contributed by atoms with Gasteiger partial charge in [-0.25, -0.2) is 0 Å². The fourth-order valence-electron chi connectivity index (χ4n) is 4.38. The second kappa shape index (κ2) is 8.58. The summed E-state index contributed by atoms with van der Waals surface area (Å²) in [6, 6.07) is 28.8. The molecule has 2 aliphatic rings. The number of hydrogen-bond acceptors (Lipinski definition) is 3. The number of hydrogen-bond donors (Lipinski definition) is 0. The largest absolute Gasteiger partial charge is 0.297 e. The molecule has 3 aromatic carbocycles. The fourth-order valence-corrected chi connectivity index (χ4v) is 5.51. The van der Waals surface area contributed by atoms with Crippen LogP contribution in [0.4, 0.5) is 0 Å². The highest BCUT2D eigenvalue weighted by atomic mass is 32.2. The molecule has 0 unspecified atom stereocenters. The second-order valence-corrected chi connectivity index (χ2v) is 8.81. The fraction of sp³-hybridized carbons (Fsp3) is 0.231. The summed E-state index contributed by atoms with van der Waals surface area (Å²) in [4.78, 5) is 8.05. The van der Waals surface area contributed by atoms with Crippen molar-refractivity contribution in [1.82, 2.24) is 9.80 Å². The van der Waals surface area contributed by atoms with Gasteiger partial charge in [0.25, 0.3) is 0 Å². The van der Waals surface area contributed by atoms with Gasteiger partial charge in [0.1, 0.15) is 0 Å². The molecular formula is C26H26N2S. The third-order valence-corrected chi connectivity index (χ3v) is 7.08. The zero-order valence-electron chi connectivity index (χ0n) is 16.6. The molecule has 0 aromatic heterocycles. The second-order valence-electron chi connectivity index (χ2n) is 7.73. The lowest BCUT2D eigenvalue weighted by Crippen LogP contribution is -2.48. The standard InChI is InChI=1S/C26H26N2S/c1-2-9-21(10-3-1)11-8-16-27-17-19-28(20-18-27)26-22-12-4-6-14-24(22)29-25-15-7-5-13-23(25)26/h1-15,26H,16-20H2. The summed E-state index contributed by atoms with van der Waals surface area (Å²) in [6.07, 6.45) is 4.53. The molecule has 3 aromatic rings. The molecule has 0 bridgehead atoms. The van der Waals surface area contributed by atoms with Crippen molar-refractivity contribution < 1.29 is 0 Å². The first-order valence-corrected chi connectivity index (χ1v) is 11.2. The van der Waals surface area contributed by atoms with Gasteiger partial charge in [-0.05, 0) is 28.8 Å². The number of nitrogens with zero attached hydrogens (tertiary/aromatic N) is 2. The SMILES string of the molecule is C(=Cc1ccccc1)CN1CCN(C2c3ccccc3Sc3ccccc32)CC1. The van der Waals surface area contributed by atoms with Crippen LogP contribution in [0.2, 0.25) is 0 Å². The summed E-state index contributed by atoms with van der Waals surface area (Å²) >= 11 is 1.91. The first-order valence-electron chi connectivity index (χ1n) is 10.4. The van der Waals surface area contributed by atoms with Crippen LogP contribution < -0.4 is 0 Å². The maximum Gasteiger partial charge on any atom is 0.0624 e. The minimum atomic E-state index is 0.380. The van der Waals surface area contributed by atoms with E-state index in [2.05, 4.69) is 101 Å². The van der Waals surface area contributed by atoms with Gasteiger partial charge in [-0.3, -0.25) is 9.80 Å². The van der Waals surface area contributed by atoms with Crippen LogP contribution in [0.25, 0.3) is 6.08 Å². The van der Waals surface area contributed by atoms with Crippen molar-refractivity contribution in [2.75, 3.05) is 32.7 Å². The van der Waals surface area contributed by atoms with Gasteiger partial charge in [-0.1, -0.05) is 90.6 Å². The summed E-state index contributed by atoms with van der Waals surface area (Å²) in [7, 11) is 0. The van der Waals surface area contributed by atoms with Crippen molar-refractivity contribution >= 4 is 17.8 Å². The van der Waals surface area contributed by atoms with Crippen molar-refractivity contribution in [3.8, 4) is 0 Å². The van der Waals surface area contributed by atoms with E-state index in [1.807, 2.05) is 11.8 Å². The predicted octanol–water partition coefficient (Wildman–Crippen LogP) is 5.57. The molecule has 2 heterocycles. The van der Waals surface area contributed by atoms with Crippen LogP contribution in [0.3, 0.4) is 0 Å². The van der Waals surface area contributed by atoms with E-state index in [0.717, 1.165) is 32.7 Å². The molecule has 2 nitrogen and oxygen atoms in total. The Bertz CT molecular complexity index is 945. The van der Waals surface area contributed by atoms with E-state index in [4.69, 9.17) is 0 Å². The summed E-state index contributed by atoms with van der Waals surface area (Å²) in [5.41, 5.74) is 4.21. The van der Waals surface area contributed by atoms with E-state index in [1.165, 1.54) is 26.5 Å². The zero-order valence-corrected chi connectivity index (χ0v) is 17.4. The summed E-state index contributed by atoms with van der Waals surface area (Å²) in [5, 5.41) is 0. The molecule has 5 rings (SSSR count). The van der Waals surface area contributed by atoms with Gasteiger partial charge >= 0.3 is 0 Å². The molecule has 2 aliphatic heterocycles. The average molecular weight is 399 g/mol. The normalized spacial score (nSPS) is 17.9. The van der Waals surface area contributed by atoms with Crippen LogP contribution in [0.15, 0.2) is 94.7 Å². The highest BCUT2D eigenvalue weighted by molar-refractivity contribution is 7.99. The molecule has 0 N–H and O–H groups in total. The van der Waals surface area contributed by atoms with Crippen molar-refractivity contribution in [1.29, 1.82) is 0 Å². The lowest BCUT2D eigenvalue weighted by Gasteiger charge is -2.41. The monoisotopic (exact) mass is 398 g/mol. The van der Waals surface area contributed by atoms with Crippen LogP contribution in [0, 0.1) is 0 Å². The topological polar surface area (TPSA) is 6.48 Å². The summed E-state index contributed by atoms with van der Waals surface area (Å²) in [6.45, 7) is 5.48. The van der Waals surface area contributed by atoms with Crippen LogP contribution in [-0.4, -0.2) is 42.5 Å². The van der Waals surface area contributed by atoms with Gasteiger partial charge in [0, 0.05) is 42.5 Å². The quantitative estimate of drug-likeness (QED) is 0.567. The van der Waals surface area contributed by atoms with Gasteiger partial charge in [0.15, 0.2) is 0 Å². The Balaban J connectivity index is 1.28. The first-order chi connectivity index (χ1) is 14.4. The molecule has 0 saturated carbocycles. The van der Waals surface area contributed by atoms with Crippen molar-refractivity contribution in [2.45, 2.75) is 15.8 Å². The molecule has 0 amide bonds. The van der Waals surface area contributed by atoms with Crippen molar-refractivity contribution in [2.24, 2.45) is 0 Å². The maximum absolute atomic E-state index is 2.68. The van der Waals surface area contributed by atoms with E-state index in [1.54, 1.807) is 0 Å². The molecule has 1 fully saturated rings. The van der Waals surface area contributed by atoms with E-state index >= 15 is 0 Å². The molecule has 3 heteroatoms. The molecule has 1 saturated heterocycles. The number of fused-ring (bicyclic) bond motifs is 2. The molecule has 0 aliphatic carbocycles. The molecule has 0 spiro atoms. The number of piperazine rings is 1. The van der Waals surface area contributed by atoms with Crippen LogP contribution in [0.5, 0.6) is 0 Å². The lowest BCUT2D eigenvalue weighted by molar-refractivity contribution is 0.115. The van der Waals surface area contributed by atoms with Gasteiger partial charge < -0.3 is 0 Å². The van der Waals surface area contributed by atoms with Gasteiger partial charge in [-0.15, -0.1) is 0 Å². The van der Waals surface area contributed by atoms with E-state index in [9.17, 15) is 0 Å². The molecule has 146 valence electrons. The predicted molar refractivity (Wildman–Crippen MR) is 122 cm³/mol. The highest BCUT2D eigenvalue weighted by Crippen LogP contribution is 2.47. The highest BCUT2D eigenvalue weighted by Gasteiger charge is 2.32. The molecule has 29 heavy (non-hydrogen) atoms. The Kier molecular flexibility index (Phi) is 5.53.